The van der Waals surface area contributed by atoms with Crippen molar-refractivity contribution in [3.05, 3.63) is 30.3 Å². The number of halogens is 5. The Hall–Kier alpha value is -1.70. The molecule has 1 unspecified atom stereocenters. The maximum Gasteiger partial charge on any atom is 0.455 e. The maximum atomic E-state index is 13.1. The van der Waals surface area contributed by atoms with E-state index in [0.717, 1.165) is 0 Å². The van der Waals surface area contributed by atoms with Crippen LogP contribution in [0.4, 0.5) is 27.6 Å². The molecule has 1 amide bonds. The van der Waals surface area contributed by atoms with Gasteiger partial charge in [0, 0.05) is 0 Å². The molecule has 1 atom stereocenters. The number of hydrazine groups is 1. The molecule has 1 N–H and O–H groups in total. The number of anilines is 1. The normalized spacial score (nSPS) is 21.0. The largest absolute Gasteiger partial charge is 0.455 e. The number of carbonyl (C=O) groups excluding carboxylic acids is 1. The molecule has 1 aliphatic heterocycles. The molecule has 1 saturated heterocycles. The van der Waals surface area contributed by atoms with Gasteiger partial charge >= 0.3 is 12.1 Å². The molecule has 2 rings (SSSR count). The van der Waals surface area contributed by atoms with Gasteiger partial charge in [0.1, 0.15) is 6.04 Å². The van der Waals surface area contributed by atoms with Gasteiger partial charge in [-0.3, -0.25) is 4.79 Å². The Morgan fingerprint density at radius 2 is 1.68 bits per heavy atom. The number of para-hydroxylation sites is 1. The average molecular weight is 280 g/mol. The second-order valence-corrected chi connectivity index (χ2v) is 4.07. The van der Waals surface area contributed by atoms with Gasteiger partial charge in [-0.25, -0.2) is 10.4 Å². The Balaban J connectivity index is 2.21. The Morgan fingerprint density at radius 1 is 1.11 bits per heavy atom. The Kier molecular flexibility index (Phi) is 3.21. The monoisotopic (exact) mass is 280 g/mol. The summed E-state index contributed by atoms with van der Waals surface area (Å²) in [5, 5.41) is 0.713. The summed E-state index contributed by atoms with van der Waals surface area (Å²) >= 11 is 0. The van der Waals surface area contributed by atoms with E-state index in [1.165, 1.54) is 12.1 Å². The minimum absolute atomic E-state index is 0.216. The van der Waals surface area contributed by atoms with Gasteiger partial charge in [0.2, 0.25) is 5.91 Å². The minimum Gasteiger partial charge on any atom is -0.273 e. The maximum absolute atomic E-state index is 13.1. The highest BCUT2D eigenvalue weighted by atomic mass is 19.4. The summed E-state index contributed by atoms with van der Waals surface area (Å²) in [6.07, 6.45) is -6.61. The van der Waals surface area contributed by atoms with Crippen LogP contribution in [0.5, 0.6) is 0 Å². The van der Waals surface area contributed by atoms with Crippen molar-refractivity contribution < 1.29 is 26.7 Å². The van der Waals surface area contributed by atoms with Crippen molar-refractivity contribution in [1.82, 2.24) is 5.43 Å². The van der Waals surface area contributed by atoms with Crippen LogP contribution in [0, 0.1) is 0 Å². The zero-order valence-corrected chi connectivity index (χ0v) is 9.42. The van der Waals surface area contributed by atoms with Crippen molar-refractivity contribution >= 4 is 11.6 Å². The zero-order chi connectivity index (χ0) is 14.3. The van der Waals surface area contributed by atoms with Crippen molar-refractivity contribution in [2.45, 2.75) is 24.6 Å². The lowest BCUT2D eigenvalue weighted by Crippen LogP contribution is -2.53. The quantitative estimate of drug-likeness (QED) is 0.844. The topological polar surface area (TPSA) is 32.3 Å². The number of alkyl halides is 5. The van der Waals surface area contributed by atoms with Gasteiger partial charge in [0.05, 0.1) is 12.1 Å². The van der Waals surface area contributed by atoms with Crippen LogP contribution in [-0.2, 0) is 4.79 Å². The van der Waals surface area contributed by atoms with E-state index >= 15 is 0 Å². The smallest absolute Gasteiger partial charge is 0.273 e. The molecule has 1 aromatic carbocycles. The minimum atomic E-state index is -5.70. The molecule has 1 heterocycles. The van der Waals surface area contributed by atoms with Crippen molar-refractivity contribution in [1.29, 1.82) is 0 Å². The zero-order valence-electron chi connectivity index (χ0n) is 9.42. The molecule has 0 saturated carbocycles. The Bertz CT molecular complexity index is 474. The molecular weight excluding hydrogens is 271 g/mol. The molecular formula is C11H9F5N2O. The summed E-state index contributed by atoms with van der Waals surface area (Å²) in [6.45, 7) is 0. The summed E-state index contributed by atoms with van der Waals surface area (Å²) in [4.78, 5) is 11.5. The van der Waals surface area contributed by atoms with Crippen LogP contribution in [0.1, 0.15) is 6.42 Å². The molecule has 1 aromatic rings. The fraction of sp³-hybridized carbons (Fsp3) is 0.364. The van der Waals surface area contributed by atoms with Crippen LogP contribution in [0.25, 0.3) is 0 Å². The lowest BCUT2D eigenvalue weighted by Gasteiger charge is -2.26. The van der Waals surface area contributed by atoms with Crippen LogP contribution in [0.15, 0.2) is 30.3 Å². The number of nitrogens with zero attached hydrogens (tertiary/aromatic N) is 1. The summed E-state index contributed by atoms with van der Waals surface area (Å²) < 4.78 is 62.9. The van der Waals surface area contributed by atoms with Gasteiger partial charge in [-0.2, -0.15) is 22.0 Å². The van der Waals surface area contributed by atoms with Gasteiger partial charge in [0.25, 0.3) is 0 Å². The van der Waals surface area contributed by atoms with Crippen molar-refractivity contribution in [2.75, 3.05) is 5.01 Å². The first kappa shape index (κ1) is 13.7. The molecule has 104 valence electrons. The average Bonchev–Trinajstić information content (AvgIpc) is 2.71. The fourth-order valence-electron chi connectivity index (χ4n) is 1.74. The predicted octanol–water partition coefficient (Wildman–Crippen LogP) is 2.49. The van der Waals surface area contributed by atoms with Crippen LogP contribution in [0.2, 0.25) is 0 Å². The lowest BCUT2D eigenvalue weighted by atomic mass is 10.1. The molecule has 1 fully saturated rings. The highest BCUT2D eigenvalue weighted by molar-refractivity contribution is 5.95. The standard InChI is InChI=1S/C11H9F5N2O/c12-10(13,11(14,15)16)8-6-9(19)18(17-8)7-4-2-1-3-5-7/h1-5,8,17H,6H2. The number of hydrogen-bond donors (Lipinski definition) is 1. The molecule has 0 aliphatic carbocycles. The highest BCUT2D eigenvalue weighted by Gasteiger charge is 2.64. The van der Waals surface area contributed by atoms with E-state index in [-0.39, 0.29) is 5.69 Å². The molecule has 8 heteroatoms. The molecule has 0 radical (unpaired) electrons. The lowest BCUT2D eigenvalue weighted by molar-refractivity contribution is -0.291. The fourth-order valence-corrected chi connectivity index (χ4v) is 1.74. The first-order valence-corrected chi connectivity index (χ1v) is 5.32. The second-order valence-electron chi connectivity index (χ2n) is 4.07. The van der Waals surface area contributed by atoms with Gasteiger partial charge in [-0.1, -0.05) is 18.2 Å². The number of amides is 1. The summed E-state index contributed by atoms with van der Waals surface area (Å²) in [7, 11) is 0. The number of rotatable bonds is 2. The first-order chi connectivity index (χ1) is 8.73. The van der Waals surface area contributed by atoms with Gasteiger partial charge < -0.3 is 0 Å². The van der Waals surface area contributed by atoms with Crippen LogP contribution in [-0.4, -0.2) is 24.0 Å². The van der Waals surface area contributed by atoms with Crippen LogP contribution in [0.3, 0.4) is 0 Å². The molecule has 0 aromatic heterocycles. The molecule has 0 spiro atoms. The number of hydrogen-bond acceptors (Lipinski definition) is 2. The van der Waals surface area contributed by atoms with E-state index in [1.54, 1.807) is 18.2 Å². The third kappa shape index (κ3) is 2.40. The van der Waals surface area contributed by atoms with Gasteiger partial charge in [-0.15, -0.1) is 0 Å². The van der Waals surface area contributed by atoms with Gasteiger partial charge in [0.15, 0.2) is 0 Å². The first-order valence-electron chi connectivity index (χ1n) is 5.32. The molecule has 19 heavy (non-hydrogen) atoms. The summed E-state index contributed by atoms with van der Waals surface area (Å²) in [5.74, 6) is -5.80. The van der Waals surface area contributed by atoms with Crippen molar-refractivity contribution in [3.63, 3.8) is 0 Å². The van der Waals surface area contributed by atoms with E-state index in [1.807, 2.05) is 5.43 Å². The summed E-state index contributed by atoms with van der Waals surface area (Å²) in [6, 6.07) is 5.28. The highest BCUT2D eigenvalue weighted by Crippen LogP contribution is 2.41. The van der Waals surface area contributed by atoms with E-state index < -0.39 is 30.5 Å². The third-order valence-corrected chi connectivity index (χ3v) is 2.74. The number of nitrogens with one attached hydrogen (secondary N) is 1. The van der Waals surface area contributed by atoms with Gasteiger partial charge in [-0.05, 0) is 12.1 Å². The third-order valence-electron chi connectivity index (χ3n) is 2.74. The Labute approximate surface area is 105 Å². The number of carbonyl (C=O) groups is 1. The number of benzene rings is 1. The molecule has 1 aliphatic rings. The Morgan fingerprint density at radius 3 is 2.21 bits per heavy atom. The second kappa shape index (κ2) is 4.44. The molecule has 0 bridgehead atoms. The van der Waals surface area contributed by atoms with E-state index in [0.29, 0.717) is 5.01 Å². The van der Waals surface area contributed by atoms with Crippen molar-refractivity contribution in [3.8, 4) is 0 Å². The molecule has 3 nitrogen and oxygen atoms in total. The predicted molar refractivity (Wildman–Crippen MR) is 56.5 cm³/mol. The van der Waals surface area contributed by atoms with Crippen LogP contribution < -0.4 is 10.4 Å². The van der Waals surface area contributed by atoms with Crippen molar-refractivity contribution in [2.24, 2.45) is 0 Å². The van der Waals surface area contributed by atoms with E-state index in [4.69, 9.17) is 0 Å². The SMILES string of the molecule is O=C1CC(C(F)(F)C(F)(F)F)NN1c1ccccc1. The van der Waals surface area contributed by atoms with Crippen LogP contribution >= 0.6 is 0 Å². The van der Waals surface area contributed by atoms with E-state index in [2.05, 4.69) is 0 Å². The van der Waals surface area contributed by atoms with E-state index in [9.17, 15) is 26.7 Å². The summed E-state index contributed by atoms with van der Waals surface area (Å²) in [5.41, 5.74) is 2.13.